The zero-order valence-electron chi connectivity index (χ0n) is 19.0. The third kappa shape index (κ3) is 5.48. The summed E-state index contributed by atoms with van der Waals surface area (Å²) in [6.45, 7) is 0. The lowest BCUT2D eigenvalue weighted by Gasteiger charge is -2.07. The van der Waals surface area contributed by atoms with E-state index in [1.54, 1.807) is 60.1 Å². The Labute approximate surface area is 215 Å². The molecule has 3 heterocycles. The summed E-state index contributed by atoms with van der Waals surface area (Å²) in [5.74, 6) is -0.586. The van der Waals surface area contributed by atoms with E-state index in [0.717, 1.165) is 33.2 Å². The molecule has 7 nitrogen and oxygen atoms in total. The Kier molecular flexibility index (Phi) is 6.83. The lowest BCUT2D eigenvalue weighted by atomic mass is 10.1. The molecule has 5 rings (SSSR count). The third-order valence-electron chi connectivity index (χ3n) is 5.31. The van der Waals surface area contributed by atoms with Gasteiger partial charge in [-0.3, -0.25) is 14.6 Å². The van der Waals surface area contributed by atoms with Crippen LogP contribution in [-0.2, 0) is 6.42 Å². The number of carbonyl (C=O) groups is 2. The van der Waals surface area contributed by atoms with Crippen molar-refractivity contribution >= 4 is 51.6 Å². The molecule has 0 aliphatic carbocycles. The number of benzene rings is 2. The van der Waals surface area contributed by atoms with Crippen LogP contribution < -0.4 is 16.4 Å². The molecule has 178 valence electrons. The SMILES string of the molecule is Nc1ccccc1NC(=O)c1ccc(C(=O)Nc2cccc(Cc3nc(-c4cccnc4)cs3)c2)s1. The Hall–Kier alpha value is -4.34. The van der Waals surface area contributed by atoms with Crippen molar-refractivity contribution in [2.75, 3.05) is 16.4 Å². The van der Waals surface area contributed by atoms with Crippen LogP contribution >= 0.6 is 22.7 Å². The number of hydrogen-bond acceptors (Lipinski definition) is 7. The van der Waals surface area contributed by atoms with Gasteiger partial charge in [-0.1, -0.05) is 24.3 Å². The van der Waals surface area contributed by atoms with Crippen LogP contribution in [0.3, 0.4) is 0 Å². The smallest absolute Gasteiger partial charge is 0.265 e. The average molecular weight is 512 g/mol. The van der Waals surface area contributed by atoms with Gasteiger partial charge in [-0.2, -0.15) is 0 Å². The molecule has 2 amide bonds. The lowest BCUT2D eigenvalue weighted by molar-refractivity contribution is 0.102. The van der Waals surface area contributed by atoms with Gasteiger partial charge in [-0.25, -0.2) is 4.98 Å². The molecule has 0 saturated heterocycles. The number of carbonyl (C=O) groups excluding carboxylic acids is 2. The van der Waals surface area contributed by atoms with Crippen LogP contribution in [0.4, 0.5) is 17.1 Å². The number of hydrogen-bond donors (Lipinski definition) is 3. The van der Waals surface area contributed by atoms with Gasteiger partial charge in [0, 0.05) is 35.4 Å². The molecule has 4 N–H and O–H groups in total. The van der Waals surface area contributed by atoms with Crippen molar-refractivity contribution in [1.29, 1.82) is 0 Å². The van der Waals surface area contributed by atoms with Gasteiger partial charge >= 0.3 is 0 Å². The predicted octanol–water partition coefficient (Wildman–Crippen LogP) is 5.94. The number of nitrogens with zero attached hydrogens (tertiary/aromatic N) is 2. The quantitative estimate of drug-likeness (QED) is 0.234. The molecular formula is C27H21N5O2S2. The summed E-state index contributed by atoms with van der Waals surface area (Å²) in [6, 6.07) is 21.9. The second-order valence-electron chi connectivity index (χ2n) is 7.90. The monoisotopic (exact) mass is 511 g/mol. The van der Waals surface area contributed by atoms with E-state index in [0.29, 0.717) is 33.2 Å². The van der Waals surface area contributed by atoms with E-state index in [2.05, 4.69) is 15.6 Å². The number of aromatic nitrogens is 2. The zero-order valence-corrected chi connectivity index (χ0v) is 20.6. The van der Waals surface area contributed by atoms with E-state index in [9.17, 15) is 9.59 Å². The molecule has 0 spiro atoms. The minimum atomic E-state index is -0.312. The first-order valence-corrected chi connectivity index (χ1v) is 12.8. The first-order chi connectivity index (χ1) is 17.5. The van der Waals surface area contributed by atoms with Crippen molar-refractivity contribution in [3.8, 4) is 11.3 Å². The summed E-state index contributed by atoms with van der Waals surface area (Å²) in [7, 11) is 0. The Balaban J connectivity index is 1.23. The van der Waals surface area contributed by atoms with Gasteiger partial charge in [0.05, 0.1) is 31.8 Å². The first kappa shape index (κ1) is 23.4. The zero-order chi connectivity index (χ0) is 24.9. The van der Waals surface area contributed by atoms with Crippen LogP contribution in [0.5, 0.6) is 0 Å². The molecule has 0 unspecified atom stereocenters. The Morgan fingerprint density at radius 1 is 0.889 bits per heavy atom. The van der Waals surface area contributed by atoms with Gasteiger partial charge in [0.1, 0.15) is 0 Å². The number of rotatable bonds is 7. The maximum absolute atomic E-state index is 12.8. The summed E-state index contributed by atoms with van der Waals surface area (Å²) < 4.78 is 0. The second-order valence-corrected chi connectivity index (χ2v) is 9.93. The Bertz CT molecular complexity index is 1530. The number of nitrogens with one attached hydrogen (secondary N) is 2. The molecule has 2 aromatic carbocycles. The van der Waals surface area contributed by atoms with Crippen LogP contribution in [0.1, 0.15) is 29.9 Å². The van der Waals surface area contributed by atoms with Crippen molar-refractivity contribution in [3.63, 3.8) is 0 Å². The average Bonchev–Trinajstić information content (AvgIpc) is 3.57. The number of amides is 2. The van der Waals surface area contributed by atoms with Crippen molar-refractivity contribution < 1.29 is 9.59 Å². The highest BCUT2D eigenvalue weighted by Crippen LogP contribution is 2.25. The number of pyridine rings is 1. The summed E-state index contributed by atoms with van der Waals surface area (Å²) in [5, 5.41) is 8.70. The minimum absolute atomic E-state index is 0.275. The number of nitrogens with two attached hydrogens (primary N) is 1. The van der Waals surface area contributed by atoms with Crippen molar-refractivity contribution in [3.05, 3.63) is 111 Å². The number of thiazole rings is 1. The number of thiophene rings is 1. The van der Waals surface area contributed by atoms with Gasteiger partial charge in [0.2, 0.25) is 0 Å². The predicted molar refractivity (Wildman–Crippen MR) is 146 cm³/mol. The highest BCUT2D eigenvalue weighted by atomic mass is 32.1. The fourth-order valence-corrected chi connectivity index (χ4v) is 5.18. The van der Waals surface area contributed by atoms with E-state index >= 15 is 0 Å². The molecule has 0 aliphatic rings. The van der Waals surface area contributed by atoms with Crippen LogP contribution in [0.15, 0.2) is 90.6 Å². The van der Waals surface area contributed by atoms with Crippen LogP contribution in [0.2, 0.25) is 0 Å². The van der Waals surface area contributed by atoms with E-state index in [1.807, 2.05) is 41.8 Å². The molecule has 0 saturated carbocycles. The number of nitrogen functional groups attached to an aromatic ring is 1. The van der Waals surface area contributed by atoms with Gasteiger partial charge in [0.25, 0.3) is 11.8 Å². The van der Waals surface area contributed by atoms with Gasteiger partial charge < -0.3 is 16.4 Å². The minimum Gasteiger partial charge on any atom is -0.397 e. The summed E-state index contributed by atoms with van der Waals surface area (Å²) in [5.41, 5.74) is 10.5. The molecule has 36 heavy (non-hydrogen) atoms. The van der Waals surface area contributed by atoms with Gasteiger partial charge in [-0.15, -0.1) is 22.7 Å². The fourth-order valence-electron chi connectivity index (χ4n) is 3.54. The molecule has 0 fully saturated rings. The van der Waals surface area contributed by atoms with Gasteiger partial charge in [0.15, 0.2) is 0 Å². The highest BCUT2D eigenvalue weighted by molar-refractivity contribution is 7.16. The van der Waals surface area contributed by atoms with Gasteiger partial charge in [-0.05, 0) is 54.1 Å². The van der Waals surface area contributed by atoms with E-state index in [1.165, 1.54) is 0 Å². The van der Waals surface area contributed by atoms with Crippen LogP contribution in [-0.4, -0.2) is 21.8 Å². The lowest BCUT2D eigenvalue weighted by Crippen LogP contribution is -2.12. The molecule has 0 bridgehead atoms. The molecule has 3 aromatic heterocycles. The number of para-hydroxylation sites is 2. The maximum Gasteiger partial charge on any atom is 0.265 e. The van der Waals surface area contributed by atoms with Crippen molar-refractivity contribution in [1.82, 2.24) is 9.97 Å². The second kappa shape index (κ2) is 10.5. The van der Waals surface area contributed by atoms with Crippen molar-refractivity contribution in [2.45, 2.75) is 6.42 Å². The molecular weight excluding hydrogens is 490 g/mol. The first-order valence-electron chi connectivity index (χ1n) is 11.1. The third-order valence-corrected chi connectivity index (χ3v) is 7.24. The van der Waals surface area contributed by atoms with Crippen LogP contribution in [0.25, 0.3) is 11.3 Å². The Morgan fingerprint density at radius 3 is 2.47 bits per heavy atom. The molecule has 5 aromatic rings. The summed E-state index contributed by atoms with van der Waals surface area (Å²) in [4.78, 5) is 35.1. The van der Waals surface area contributed by atoms with E-state index in [4.69, 9.17) is 10.7 Å². The van der Waals surface area contributed by atoms with E-state index < -0.39 is 0 Å². The highest BCUT2D eigenvalue weighted by Gasteiger charge is 2.15. The number of anilines is 3. The van der Waals surface area contributed by atoms with E-state index in [-0.39, 0.29) is 11.8 Å². The normalized spacial score (nSPS) is 10.7. The maximum atomic E-state index is 12.8. The summed E-state index contributed by atoms with van der Waals surface area (Å²) in [6.07, 6.45) is 4.19. The standard InChI is InChI=1S/C27H21N5O2S2/c28-20-8-1-2-9-21(20)32-27(34)24-11-10-23(36-24)26(33)30-19-7-3-5-17(13-19)14-25-31-22(16-35-25)18-6-4-12-29-15-18/h1-13,15-16H,14,28H2,(H,30,33)(H,32,34). The fraction of sp³-hybridized carbons (Fsp3) is 0.0370. The molecule has 9 heteroatoms. The molecule has 0 aliphatic heterocycles. The summed E-state index contributed by atoms with van der Waals surface area (Å²) >= 11 is 2.71. The molecule has 0 atom stereocenters. The Morgan fingerprint density at radius 2 is 1.69 bits per heavy atom. The molecule has 0 radical (unpaired) electrons. The topological polar surface area (TPSA) is 110 Å². The van der Waals surface area contributed by atoms with Crippen LogP contribution in [0, 0.1) is 0 Å². The van der Waals surface area contributed by atoms with Crippen molar-refractivity contribution in [2.24, 2.45) is 0 Å². The largest absolute Gasteiger partial charge is 0.397 e.